The lowest BCUT2D eigenvalue weighted by Gasteiger charge is -2.10. The van der Waals surface area contributed by atoms with Crippen molar-refractivity contribution in [2.75, 3.05) is 6.26 Å². The zero-order valence-electron chi connectivity index (χ0n) is 11.2. The fourth-order valence-electron chi connectivity index (χ4n) is 2.13. The quantitative estimate of drug-likeness (QED) is 0.658. The molecule has 0 amide bonds. The van der Waals surface area contributed by atoms with Crippen molar-refractivity contribution < 1.29 is 0 Å². The van der Waals surface area contributed by atoms with Gasteiger partial charge in [0.25, 0.3) is 0 Å². The van der Waals surface area contributed by atoms with Crippen molar-refractivity contribution in [1.82, 2.24) is 9.97 Å². The van der Waals surface area contributed by atoms with Crippen LogP contribution < -0.4 is 0 Å². The van der Waals surface area contributed by atoms with E-state index >= 15 is 0 Å². The molecule has 0 unspecified atom stereocenters. The predicted molar refractivity (Wildman–Crippen MR) is 84.7 cm³/mol. The van der Waals surface area contributed by atoms with Crippen LogP contribution in [-0.2, 0) is 0 Å². The van der Waals surface area contributed by atoms with Crippen molar-refractivity contribution in [2.24, 2.45) is 0 Å². The van der Waals surface area contributed by atoms with Crippen molar-refractivity contribution in [3.05, 3.63) is 67.0 Å². The minimum absolute atomic E-state index is 0.983. The largest absolute Gasteiger partial charge is 0.264 e. The summed E-state index contributed by atoms with van der Waals surface area (Å²) in [5, 5.41) is 1.02. The van der Waals surface area contributed by atoms with E-state index < -0.39 is 0 Å². The highest BCUT2D eigenvalue weighted by atomic mass is 32.2. The summed E-state index contributed by atoms with van der Waals surface area (Å²) in [7, 11) is 0. The van der Waals surface area contributed by atoms with Crippen molar-refractivity contribution in [3.8, 4) is 22.4 Å². The van der Waals surface area contributed by atoms with Gasteiger partial charge in [0, 0.05) is 23.5 Å². The predicted octanol–water partition coefficient (Wildman–Crippen LogP) is 4.53. The molecule has 0 saturated heterocycles. The van der Waals surface area contributed by atoms with Gasteiger partial charge in [-0.2, -0.15) is 0 Å². The number of nitrogens with zero attached hydrogens (tertiary/aromatic N) is 2. The van der Waals surface area contributed by atoms with E-state index in [1.807, 2.05) is 42.8 Å². The van der Waals surface area contributed by atoms with Crippen LogP contribution in [0.4, 0.5) is 0 Å². The van der Waals surface area contributed by atoms with Crippen LogP contribution in [0.25, 0.3) is 22.4 Å². The summed E-state index contributed by atoms with van der Waals surface area (Å²) in [5.74, 6) is 0. The highest BCUT2D eigenvalue weighted by Crippen LogP contribution is 2.31. The third-order valence-electron chi connectivity index (χ3n) is 3.10. The lowest BCUT2D eigenvalue weighted by atomic mass is 10.0. The van der Waals surface area contributed by atoms with Crippen LogP contribution in [0, 0.1) is 0 Å². The van der Waals surface area contributed by atoms with Crippen molar-refractivity contribution in [3.63, 3.8) is 0 Å². The van der Waals surface area contributed by atoms with Gasteiger partial charge in [0.05, 0.1) is 10.7 Å². The zero-order chi connectivity index (χ0) is 13.8. The molecule has 2 aromatic heterocycles. The Hall–Kier alpha value is -2.13. The second-order valence-corrected chi connectivity index (χ2v) is 5.18. The third-order valence-corrected chi connectivity index (χ3v) is 3.74. The number of aromatic nitrogens is 2. The highest BCUT2D eigenvalue weighted by molar-refractivity contribution is 7.98. The fraction of sp³-hybridized carbons (Fsp3) is 0.0588. The second-order valence-electron chi connectivity index (χ2n) is 4.36. The minimum Gasteiger partial charge on any atom is -0.264 e. The molecule has 20 heavy (non-hydrogen) atoms. The summed E-state index contributed by atoms with van der Waals surface area (Å²) in [4.78, 5) is 8.97. The lowest BCUT2D eigenvalue weighted by Crippen LogP contribution is -1.91. The van der Waals surface area contributed by atoms with Gasteiger partial charge in [-0.1, -0.05) is 30.3 Å². The lowest BCUT2D eigenvalue weighted by molar-refractivity contribution is 1.14. The Kier molecular flexibility index (Phi) is 3.79. The number of hydrogen-bond donors (Lipinski definition) is 0. The van der Waals surface area contributed by atoms with E-state index in [0.29, 0.717) is 0 Å². The van der Waals surface area contributed by atoms with E-state index in [4.69, 9.17) is 4.98 Å². The maximum absolute atomic E-state index is 4.76. The zero-order valence-corrected chi connectivity index (χ0v) is 12.0. The molecule has 2 heterocycles. The maximum Gasteiger partial charge on any atom is 0.0965 e. The molecule has 0 atom stereocenters. The third kappa shape index (κ3) is 2.58. The van der Waals surface area contributed by atoms with E-state index in [9.17, 15) is 0 Å². The minimum atomic E-state index is 0.983. The van der Waals surface area contributed by atoms with Crippen molar-refractivity contribution >= 4 is 11.8 Å². The SMILES string of the molecule is CSc1ccc(-c2ccccc2)c(-c2cccnc2)n1. The van der Waals surface area contributed by atoms with Crippen LogP contribution in [0.15, 0.2) is 72.0 Å². The van der Waals surface area contributed by atoms with E-state index in [0.717, 1.165) is 21.8 Å². The number of thioether (sulfide) groups is 1. The van der Waals surface area contributed by atoms with Gasteiger partial charge in [-0.15, -0.1) is 11.8 Å². The molecule has 0 spiro atoms. The van der Waals surface area contributed by atoms with Crippen LogP contribution in [-0.4, -0.2) is 16.2 Å². The first-order valence-electron chi connectivity index (χ1n) is 6.39. The fourth-order valence-corrected chi connectivity index (χ4v) is 2.52. The molecule has 0 bridgehead atoms. The average molecular weight is 278 g/mol. The molecule has 0 fully saturated rings. The van der Waals surface area contributed by atoms with E-state index in [1.165, 1.54) is 5.56 Å². The molecule has 1 aromatic carbocycles. The molecular weight excluding hydrogens is 264 g/mol. The van der Waals surface area contributed by atoms with Crippen LogP contribution >= 0.6 is 11.8 Å². The molecule has 3 heteroatoms. The van der Waals surface area contributed by atoms with E-state index in [2.05, 4.69) is 29.2 Å². The molecule has 3 rings (SSSR count). The van der Waals surface area contributed by atoms with Crippen molar-refractivity contribution in [2.45, 2.75) is 5.03 Å². The summed E-state index contributed by atoms with van der Waals surface area (Å²) in [6.07, 6.45) is 5.68. The molecule has 0 N–H and O–H groups in total. The molecule has 98 valence electrons. The molecular formula is C17H14N2S. The summed E-state index contributed by atoms with van der Waals surface area (Å²) < 4.78 is 0. The number of hydrogen-bond acceptors (Lipinski definition) is 3. The van der Waals surface area contributed by atoms with Gasteiger partial charge in [0.2, 0.25) is 0 Å². The summed E-state index contributed by atoms with van der Waals surface area (Å²) in [6.45, 7) is 0. The highest BCUT2D eigenvalue weighted by Gasteiger charge is 2.10. The maximum atomic E-state index is 4.76. The van der Waals surface area contributed by atoms with Crippen LogP contribution in [0.2, 0.25) is 0 Å². The Morgan fingerprint density at radius 1 is 0.850 bits per heavy atom. The first kappa shape index (κ1) is 12.9. The van der Waals surface area contributed by atoms with E-state index in [-0.39, 0.29) is 0 Å². The van der Waals surface area contributed by atoms with Crippen LogP contribution in [0.1, 0.15) is 0 Å². The van der Waals surface area contributed by atoms with Crippen LogP contribution in [0.5, 0.6) is 0 Å². The Morgan fingerprint density at radius 3 is 2.35 bits per heavy atom. The summed E-state index contributed by atoms with van der Waals surface area (Å²) in [6, 6.07) is 18.5. The first-order chi connectivity index (χ1) is 9.88. The normalized spacial score (nSPS) is 10.4. The molecule has 0 aliphatic heterocycles. The molecule has 0 saturated carbocycles. The van der Waals surface area contributed by atoms with Gasteiger partial charge in [-0.3, -0.25) is 4.98 Å². The first-order valence-corrected chi connectivity index (χ1v) is 7.62. The molecule has 2 nitrogen and oxygen atoms in total. The van der Waals surface area contributed by atoms with Gasteiger partial charge in [0.15, 0.2) is 0 Å². The average Bonchev–Trinajstić information content (AvgIpc) is 2.56. The standard InChI is InChI=1S/C17H14N2S/c1-20-16-10-9-15(13-6-3-2-4-7-13)17(19-16)14-8-5-11-18-12-14/h2-12H,1H3. The summed E-state index contributed by atoms with van der Waals surface area (Å²) in [5.41, 5.74) is 4.33. The topological polar surface area (TPSA) is 25.8 Å². The Bertz CT molecular complexity index is 697. The van der Waals surface area contributed by atoms with Gasteiger partial charge in [-0.05, 0) is 36.1 Å². The molecule has 0 radical (unpaired) electrons. The monoisotopic (exact) mass is 278 g/mol. The van der Waals surface area contributed by atoms with Gasteiger partial charge >= 0.3 is 0 Å². The molecule has 3 aromatic rings. The number of rotatable bonds is 3. The second kappa shape index (κ2) is 5.88. The van der Waals surface area contributed by atoms with Gasteiger partial charge < -0.3 is 0 Å². The van der Waals surface area contributed by atoms with E-state index in [1.54, 1.807) is 18.0 Å². The molecule has 0 aliphatic rings. The Labute approximate surface area is 122 Å². The summed E-state index contributed by atoms with van der Waals surface area (Å²) >= 11 is 1.65. The molecule has 0 aliphatic carbocycles. The Morgan fingerprint density at radius 2 is 1.65 bits per heavy atom. The Balaban J connectivity index is 2.20. The van der Waals surface area contributed by atoms with Crippen molar-refractivity contribution in [1.29, 1.82) is 0 Å². The van der Waals surface area contributed by atoms with Gasteiger partial charge in [0.1, 0.15) is 0 Å². The van der Waals surface area contributed by atoms with Crippen LogP contribution in [0.3, 0.4) is 0 Å². The number of pyridine rings is 2. The smallest absolute Gasteiger partial charge is 0.0965 e. The van der Waals surface area contributed by atoms with Gasteiger partial charge in [-0.25, -0.2) is 4.98 Å². The number of benzene rings is 1.